The van der Waals surface area contributed by atoms with Gasteiger partial charge in [0.05, 0.1) is 11.2 Å². The molecule has 0 spiro atoms. The first-order valence-corrected chi connectivity index (χ1v) is 9.41. The summed E-state index contributed by atoms with van der Waals surface area (Å²) < 4.78 is 42.2. The van der Waals surface area contributed by atoms with Crippen molar-refractivity contribution in [3.05, 3.63) is 60.3 Å². The minimum Gasteiger partial charge on any atom is -0.406 e. The highest BCUT2D eigenvalue weighted by atomic mass is 19.4. The molecular weight excluding hydrogens is 379 g/mol. The molecule has 0 fully saturated rings. The molecule has 150 valence electrons. The second-order valence-electron chi connectivity index (χ2n) is 6.86. The van der Waals surface area contributed by atoms with Crippen LogP contribution in [0.5, 0.6) is 5.75 Å². The number of rotatable bonds is 6. The van der Waals surface area contributed by atoms with Gasteiger partial charge in [-0.2, -0.15) is 0 Å². The molecule has 0 aliphatic rings. The Morgan fingerprint density at radius 3 is 2.66 bits per heavy atom. The Kier molecular flexibility index (Phi) is 5.15. The molecule has 0 bridgehead atoms. The molecule has 2 heterocycles. The highest BCUT2D eigenvalue weighted by molar-refractivity contribution is 5.99. The number of ether oxygens (including phenoxy) is 1. The SMILES string of the molecule is NCCCCc1c(-c2cccc3cccnc23)[nH]c2ccc(OC(F)(F)F)cc12. The summed E-state index contributed by atoms with van der Waals surface area (Å²) in [6.45, 7) is 0.565. The lowest BCUT2D eigenvalue weighted by Gasteiger charge is -2.10. The third kappa shape index (κ3) is 4.05. The smallest absolute Gasteiger partial charge is 0.406 e. The Labute approximate surface area is 165 Å². The molecule has 0 aliphatic carbocycles. The van der Waals surface area contributed by atoms with Crippen molar-refractivity contribution in [2.24, 2.45) is 5.73 Å². The molecule has 3 N–H and O–H groups in total. The summed E-state index contributed by atoms with van der Waals surface area (Å²) in [7, 11) is 0. The zero-order valence-electron chi connectivity index (χ0n) is 15.6. The maximum absolute atomic E-state index is 12.7. The van der Waals surface area contributed by atoms with E-state index in [4.69, 9.17) is 5.73 Å². The third-order valence-corrected chi connectivity index (χ3v) is 4.89. The summed E-state index contributed by atoms with van der Waals surface area (Å²) in [5.41, 5.74) is 9.96. The number of nitrogens with two attached hydrogens (primary N) is 1. The molecule has 4 aromatic rings. The van der Waals surface area contributed by atoms with Crippen LogP contribution in [0.3, 0.4) is 0 Å². The van der Waals surface area contributed by atoms with E-state index in [9.17, 15) is 13.2 Å². The molecule has 4 nitrogen and oxygen atoms in total. The number of aromatic nitrogens is 2. The third-order valence-electron chi connectivity index (χ3n) is 4.89. The van der Waals surface area contributed by atoms with Gasteiger partial charge in [0, 0.05) is 28.0 Å². The molecule has 7 heteroatoms. The molecule has 29 heavy (non-hydrogen) atoms. The van der Waals surface area contributed by atoms with Crippen LogP contribution in [-0.4, -0.2) is 22.9 Å². The quantitative estimate of drug-likeness (QED) is 0.417. The molecule has 2 aromatic carbocycles. The molecule has 0 saturated heterocycles. The second kappa shape index (κ2) is 7.75. The number of alkyl halides is 3. The number of unbranched alkanes of at least 4 members (excludes halogenated alkanes) is 1. The number of halogens is 3. The second-order valence-corrected chi connectivity index (χ2v) is 6.86. The Bertz CT molecular complexity index is 1150. The normalized spacial score (nSPS) is 12.0. The Balaban J connectivity index is 1.89. The average molecular weight is 399 g/mol. The molecule has 0 atom stereocenters. The minimum atomic E-state index is -4.73. The zero-order valence-corrected chi connectivity index (χ0v) is 15.6. The van der Waals surface area contributed by atoms with E-state index >= 15 is 0 Å². The first-order valence-electron chi connectivity index (χ1n) is 9.41. The summed E-state index contributed by atoms with van der Waals surface area (Å²) in [6.07, 6.45) is -0.646. The maximum Gasteiger partial charge on any atom is 0.573 e. The van der Waals surface area contributed by atoms with Crippen LogP contribution in [0, 0.1) is 0 Å². The molecule has 4 rings (SSSR count). The monoisotopic (exact) mass is 399 g/mol. The van der Waals surface area contributed by atoms with Gasteiger partial charge in [0.25, 0.3) is 0 Å². The number of nitrogens with zero attached hydrogens (tertiary/aromatic N) is 1. The van der Waals surface area contributed by atoms with Crippen LogP contribution in [0.15, 0.2) is 54.7 Å². The molecule has 0 unspecified atom stereocenters. The number of nitrogens with one attached hydrogen (secondary N) is 1. The fraction of sp³-hybridized carbons (Fsp3) is 0.227. The van der Waals surface area contributed by atoms with Gasteiger partial charge < -0.3 is 15.5 Å². The number of para-hydroxylation sites is 1. The first kappa shape index (κ1) is 19.3. The van der Waals surface area contributed by atoms with Crippen molar-refractivity contribution in [2.75, 3.05) is 6.54 Å². The van der Waals surface area contributed by atoms with Gasteiger partial charge in [-0.05, 0) is 55.6 Å². The van der Waals surface area contributed by atoms with Crippen LogP contribution in [0.4, 0.5) is 13.2 Å². The van der Waals surface area contributed by atoms with Gasteiger partial charge in [0.15, 0.2) is 0 Å². The van der Waals surface area contributed by atoms with E-state index in [0.717, 1.165) is 46.1 Å². The molecule has 0 amide bonds. The summed E-state index contributed by atoms with van der Waals surface area (Å²) in [6, 6.07) is 14.1. The van der Waals surface area contributed by atoms with Crippen LogP contribution in [0.25, 0.3) is 33.1 Å². The Morgan fingerprint density at radius 2 is 1.86 bits per heavy atom. The molecule has 0 aliphatic heterocycles. The molecule has 0 saturated carbocycles. The van der Waals surface area contributed by atoms with Crippen LogP contribution in [0.1, 0.15) is 18.4 Å². The van der Waals surface area contributed by atoms with Crippen molar-refractivity contribution in [2.45, 2.75) is 25.6 Å². The number of aryl methyl sites for hydroxylation is 1. The largest absolute Gasteiger partial charge is 0.573 e. The minimum absolute atomic E-state index is 0.230. The number of fused-ring (bicyclic) bond motifs is 2. The number of hydrogen-bond acceptors (Lipinski definition) is 3. The van der Waals surface area contributed by atoms with E-state index in [1.165, 1.54) is 12.1 Å². The van der Waals surface area contributed by atoms with Gasteiger partial charge in [-0.15, -0.1) is 13.2 Å². The summed E-state index contributed by atoms with van der Waals surface area (Å²) in [5, 5.41) is 1.71. The van der Waals surface area contributed by atoms with E-state index in [1.807, 2.05) is 30.3 Å². The summed E-state index contributed by atoms with van der Waals surface area (Å²) in [5.74, 6) is -0.230. The van der Waals surface area contributed by atoms with Crippen molar-refractivity contribution in [1.82, 2.24) is 9.97 Å². The number of hydrogen-bond donors (Lipinski definition) is 2. The molecular formula is C22H20F3N3O. The van der Waals surface area contributed by atoms with E-state index in [0.29, 0.717) is 18.4 Å². The Hall–Kier alpha value is -3.06. The van der Waals surface area contributed by atoms with E-state index in [2.05, 4.69) is 14.7 Å². The van der Waals surface area contributed by atoms with Crippen LogP contribution in [0.2, 0.25) is 0 Å². The molecule has 2 aromatic heterocycles. The van der Waals surface area contributed by atoms with Gasteiger partial charge in [-0.25, -0.2) is 0 Å². The fourth-order valence-corrected chi connectivity index (χ4v) is 3.67. The average Bonchev–Trinajstić information content (AvgIpc) is 3.04. The van der Waals surface area contributed by atoms with Gasteiger partial charge in [0.2, 0.25) is 0 Å². The maximum atomic E-state index is 12.7. The summed E-state index contributed by atoms with van der Waals surface area (Å²) >= 11 is 0. The van der Waals surface area contributed by atoms with Crippen LogP contribution >= 0.6 is 0 Å². The topological polar surface area (TPSA) is 63.9 Å². The van der Waals surface area contributed by atoms with E-state index in [1.54, 1.807) is 12.3 Å². The van der Waals surface area contributed by atoms with Gasteiger partial charge >= 0.3 is 6.36 Å². The number of pyridine rings is 1. The van der Waals surface area contributed by atoms with Crippen molar-refractivity contribution in [3.8, 4) is 17.0 Å². The van der Waals surface area contributed by atoms with Crippen molar-refractivity contribution in [1.29, 1.82) is 0 Å². The van der Waals surface area contributed by atoms with E-state index < -0.39 is 6.36 Å². The lowest BCUT2D eigenvalue weighted by molar-refractivity contribution is -0.274. The van der Waals surface area contributed by atoms with E-state index in [-0.39, 0.29) is 5.75 Å². The number of H-pyrrole nitrogens is 1. The molecule has 0 radical (unpaired) electrons. The lowest BCUT2D eigenvalue weighted by atomic mass is 9.98. The highest BCUT2D eigenvalue weighted by Crippen LogP contribution is 2.37. The zero-order chi connectivity index (χ0) is 20.4. The van der Waals surface area contributed by atoms with Gasteiger partial charge in [-0.3, -0.25) is 4.98 Å². The van der Waals surface area contributed by atoms with Crippen LogP contribution < -0.4 is 10.5 Å². The van der Waals surface area contributed by atoms with Crippen molar-refractivity contribution < 1.29 is 17.9 Å². The van der Waals surface area contributed by atoms with Gasteiger partial charge in [-0.1, -0.05) is 24.3 Å². The van der Waals surface area contributed by atoms with Gasteiger partial charge in [0.1, 0.15) is 5.75 Å². The predicted octanol–water partition coefficient (Wildman–Crippen LogP) is 5.56. The fourth-order valence-electron chi connectivity index (χ4n) is 3.67. The number of benzene rings is 2. The first-order chi connectivity index (χ1) is 14.0. The predicted molar refractivity (Wildman–Crippen MR) is 108 cm³/mol. The van der Waals surface area contributed by atoms with Crippen molar-refractivity contribution in [3.63, 3.8) is 0 Å². The van der Waals surface area contributed by atoms with Crippen LogP contribution in [-0.2, 0) is 6.42 Å². The number of aromatic amines is 1. The summed E-state index contributed by atoms with van der Waals surface area (Å²) in [4.78, 5) is 7.90. The highest BCUT2D eigenvalue weighted by Gasteiger charge is 2.31. The lowest BCUT2D eigenvalue weighted by Crippen LogP contribution is -2.16. The Morgan fingerprint density at radius 1 is 1.03 bits per heavy atom. The standard InChI is InChI=1S/C22H20F3N3O/c23-22(24,25)29-15-9-10-19-18(13-15)16(7-1-2-11-26)21(28-19)17-8-3-5-14-6-4-12-27-20(14)17/h3-6,8-10,12-13,28H,1-2,7,11,26H2. The van der Waals surface area contributed by atoms with Crippen molar-refractivity contribution >= 4 is 21.8 Å².